The molecule has 0 aliphatic carbocycles. The Bertz CT molecular complexity index is 554. The summed E-state index contributed by atoms with van der Waals surface area (Å²) in [6.07, 6.45) is 0. The zero-order valence-corrected chi connectivity index (χ0v) is 12.3. The SMILES string of the molecule is Cc1ccc(-c2ccc(C)c(C)[n+]2C)c(C)c1C. The maximum Gasteiger partial charge on any atom is 0.212 e. The number of hydrogen-bond donors (Lipinski definition) is 0. The molecule has 0 aliphatic rings. The van der Waals surface area contributed by atoms with E-state index in [4.69, 9.17) is 0 Å². The van der Waals surface area contributed by atoms with Crippen LogP contribution in [-0.4, -0.2) is 0 Å². The standard InChI is InChI=1S/C17H22N/c1-11-7-9-16(14(4)13(11)3)17-10-8-12(2)15(5)18(17)6/h7-10H,1-6H3/q+1. The molecule has 2 rings (SSSR count). The van der Waals surface area contributed by atoms with Crippen molar-refractivity contribution in [3.63, 3.8) is 0 Å². The molecule has 0 radical (unpaired) electrons. The van der Waals surface area contributed by atoms with E-state index >= 15 is 0 Å². The molecule has 0 amide bonds. The molecule has 18 heavy (non-hydrogen) atoms. The summed E-state index contributed by atoms with van der Waals surface area (Å²) in [5.41, 5.74) is 9.43. The van der Waals surface area contributed by atoms with Crippen molar-refractivity contribution in [1.82, 2.24) is 0 Å². The first kappa shape index (κ1) is 12.8. The number of rotatable bonds is 1. The Morgan fingerprint density at radius 3 is 2.00 bits per heavy atom. The zero-order valence-electron chi connectivity index (χ0n) is 12.3. The van der Waals surface area contributed by atoms with E-state index in [2.05, 4.69) is 70.5 Å². The quantitative estimate of drug-likeness (QED) is 0.669. The Morgan fingerprint density at radius 2 is 1.33 bits per heavy atom. The predicted molar refractivity (Wildman–Crippen MR) is 76.7 cm³/mol. The fourth-order valence-electron chi connectivity index (χ4n) is 2.39. The molecule has 0 unspecified atom stereocenters. The monoisotopic (exact) mass is 240 g/mol. The summed E-state index contributed by atoms with van der Waals surface area (Å²) in [5, 5.41) is 0. The van der Waals surface area contributed by atoms with E-state index in [9.17, 15) is 0 Å². The van der Waals surface area contributed by atoms with E-state index in [1.54, 1.807) is 0 Å². The molecular formula is C17H22N+. The summed E-state index contributed by atoms with van der Waals surface area (Å²) in [6.45, 7) is 10.9. The Kier molecular flexibility index (Phi) is 3.25. The lowest BCUT2D eigenvalue weighted by Gasteiger charge is -2.11. The zero-order chi connectivity index (χ0) is 13.4. The number of pyridine rings is 1. The molecule has 0 N–H and O–H groups in total. The van der Waals surface area contributed by atoms with Crippen molar-refractivity contribution in [1.29, 1.82) is 0 Å². The minimum absolute atomic E-state index is 1.29. The number of nitrogens with zero attached hydrogens (tertiary/aromatic N) is 1. The number of aromatic nitrogens is 1. The molecule has 0 spiro atoms. The van der Waals surface area contributed by atoms with E-state index in [1.807, 2.05) is 0 Å². The Hall–Kier alpha value is -1.63. The van der Waals surface area contributed by atoms with E-state index in [0.717, 1.165) is 0 Å². The minimum Gasteiger partial charge on any atom is -0.198 e. The highest BCUT2D eigenvalue weighted by molar-refractivity contribution is 5.64. The van der Waals surface area contributed by atoms with Crippen LogP contribution in [-0.2, 0) is 7.05 Å². The van der Waals surface area contributed by atoms with Crippen LogP contribution in [0.1, 0.15) is 27.9 Å². The number of aryl methyl sites for hydroxylation is 2. The normalized spacial score (nSPS) is 10.8. The Morgan fingerprint density at radius 1 is 0.722 bits per heavy atom. The predicted octanol–water partition coefficient (Wildman–Crippen LogP) is 3.72. The molecule has 2 aromatic rings. The molecule has 94 valence electrons. The largest absolute Gasteiger partial charge is 0.212 e. The van der Waals surface area contributed by atoms with Crippen molar-refractivity contribution in [2.75, 3.05) is 0 Å². The number of hydrogen-bond acceptors (Lipinski definition) is 0. The van der Waals surface area contributed by atoms with Crippen molar-refractivity contribution in [2.24, 2.45) is 7.05 Å². The van der Waals surface area contributed by atoms with Crippen molar-refractivity contribution in [2.45, 2.75) is 34.6 Å². The second-order valence-electron chi connectivity index (χ2n) is 5.23. The van der Waals surface area contributed by atoms with E-state index < -0.39 is 0 Å². The second kappa shape index (κ2) is 4.56. The Labute approximate surface area is 110 Å². The molecule has 0 saturated carbocycles. The van der Waals surface area contributed by atoms with Gasteiger partial charge in [-0.05, 0) is 56.5 Å². The van der Waals surface area contributed by atoms with E-state index in [0.29, 0.717) is 0 Å². The highest BCUT2D eigenvalue weighted by Gasteiger charge is 2.16. The summed E-state index contributed by atoms with van der Waals surface area (Å²) >= 11 is 0. The van der Waals surface area contributed by atoms with Gasteiger partial charge >= 0.3 is 0 Å². The molecule has 0 aliphatic heterocycles. The van der Waals surface area contributed by atoms with Gasteiger partial charge in [-0.2, -0.15) is 4.57 Å². The van der Waals surface area contributed by atoms with E-state index in [-0.39, 0.29) is 0 Å². The molecule has 1 aromatic heterocycles. The van der Waals surface area contributed by atoms with Gasteiger partial charge in [-0.15, -0.1) is 0 Å². The van der Waals surface area contributed by atoms with Gasteiger partial charge in [0.15, 0.2) is 5.69 Å². The van der Waals surface area contributed by atoms with Crippen LogP contribution < -0.4 is 4.57 Å². The highest BCUT2D eigenvalue weighted by atomic mass is 14.9. The maximum atomic E-state index is 2.28. The molecule has 1 heteroatoms. The van der Waals surface area contributed by atoms with Crippen LogP contribution in [0.25, 0.3) is 11.3 Å². The van der Waals surface area contributed by atoms with Crippen molar-refractivity contribution in [3.05, 3.63) is 52.2 Å². The maximum absolute atomic E-state index is 2.28. The topological polar surface area (TPSA) is 3.88 Å². The first-order valence-electron chi connectivity index (χ1n) is 6.47. The molecular weight excluding hydrogens is 218 g/mol. The average Bonchev–Trinajstić information content (AvgIpc) is 2.35. The average molecular weight is 240 g/mol. The van der Waals surface area contributed by atoms with Gasteiger partial charge in [0, 0.05) is 24.1 Å². The van der Waals surface area contributed by atoms with Crippen LogP contribution in [0.15, 0.2) is 24.3 Å². The van der Waals surface area contributed by atoms with Crippen LogP contribution in [0, 0.1) is 34.6 Å². The molecule has 1 aromatic carbocycles. The fourth-order valence-corrected chi connectivity index (χ4v) is 2.39. The Balaban J connectivity index is 2.71. The van der Waals surface area contributed by atoms with Gasteiger partial charge in [0.05, 0.1) is 0 Å². The molecule has 0 fully saturated rings. The molecule has 0 bridgehead atoms. The summed E-state index contributed by atoms with van der Waals surface area (Å²) in [7, 11) is 2.15. The summed E-state index contributed by atoms with van der Waals surface area (Å²) in [5.74, 6) is 0. The smallest absolute Gasteiger partial charge is 0.198 e. The third-order valence-electron chi connectivity index (χ3n) is 4.26. The summed E-state index contributed by atoms with van der Waals surface area (Å²) in [4.78, 5) is 0. The molecule has 0 saturated heterocycles. The fraction of sp³-hybridized carbons (Fsp3) is 0.353. The van der Waals surface area contributed by atoms with Gasteiger partial charge in [0.1, 0.15) is 7.05 Å². The molecule has 0 atom stereocenters. The van der Waals surface area contributed by atoms with Crippen LogP contribution in [0.5, 0.6) is 0 Å². The third kappa shape index (κ3) is 1.94. The lowest BCUT2D eigenvalue weighted by Crippen LogP contribution is -2.35. The van der Waals surface area contributed by atoms with Gasteiger partial charge in [-0.3, -0.25) is 0 Å². The van der Waals surface area contributed by atoms with Gasteiger partial charge in [-0.25, -0.2) is 0 Å². The van der Waals surface area contributed by atoms with Crippen molar-refractivity contribution < 1.29 is 4.57 Å². The van der Waals surface area contributed by atoms with Crippen LogP contribution in [0.3, 0.4) is 0 Å². The van der Waals surface area contributed by atoms with E-state index in [1.165, 1.54) is 39.2 Å². The second-order valence-corrected chi connectivity index (χ2v) is 5.23. The highest BCUT2D eigenvalue weighted by Crippen LogP contribution is 2.25. The lowest BCUT2D eigenvalue weighted by molar-refractivity contribution is -0.667. The molecule has 1 heterocycles. The number of benzene rings is 1. The lowest BCUT2D eigenvalue weighted by atomic mass is 9.96. The first-order valence-corrected chi connectivity index (χ1v) is 6.47. The van der Waals surface area contributed by atoms with Gasteiger partial charge in [-0.1, -0.05) is 6.07 Å². The van der Waals surface area contributed by atoms with Crippen LogP contribution in [0.4, 0.5) is 0 Å². The van der Waals surface area contributed by atoms with Crippen LogP contribution in [0.2, 0.25) is 0 Å². The van der Waals surface area contributed by atoms with Crippen molar-refractivity contribution in [3.8, 4) is 11.3 Å². The van der Waals surface area contributed by atoms with Gasteiger partial charge in [0.2, 0.25) is 5.69 Å². The summed E-state index contributed by atoms with van der Waals surface area (Å²) < 4.78 is 2.28. The van der Waals surface area contributed by atoms with Gasteiger partial charge in [0.25, 0.3) is 0 Å². The molecule has 1 nitrogen and oxygen atoms in total. The minimum atomic E-state index is 1.29. The summed E-state index contributed by atoms with van der Waals surface area (Å²) in [6, 6.07) is 8.88. The van der Waals surface area contributed by atoms with Crippen molar-refractivity contribution >= 4 is 0 Å². The third-order valence-corrected chi connectivity index (χ3v) is 4.26. The van der Waals surface area contributed by atoms with Gasteiger partial charge < -0.3 is 0 Å². The first-order chi connectivity index (χ1) is 8.43. The van der Waals surface area contributed by atoms with Crippen LogP contribution >= 0.6 is 0 Å².